The summed E-state index contributed by atoms with van der Waals surface area (Å²) in [5.41, 5.74) is 0. The minimum absolute atomic E-state index is 0.0832. The van der Waals surface area contributed by atoms with E-state index in [1.807, 2.05) is 0 Å². The smallest absolute Gasteiger partial charge is 0.303 e. The summed E-state index contributed by atoms with van der Waals surface area (Å²) in [5, 5.41) is 8.40. The molecule has 0 aromatic heterocycles. The SMILES string of the molecule is CCCS(=O)(=O)NC(C)CCCC(=O)O. The molecule has 90 valence electrons. The lowest BCUT2D eigenvalue weighted by Crippen LogP contribution is -2.34. The lowest BCUT2D eigenvalue weighted by atomic mass is 10.1. The highest BCUT2D eigenvalue weighted by molar-refractivity contribution is 7.89. The summed E-state index contributed by atoms with van der Waals surface area (Å²) in [6.45, 7) is 3.55. The molecule has 0 bridgehead atoms. The standard InChI is InChI=1S/C9H19NO4S/c1-3-7-15(13,14)10-8(2)5-4-6-9(11)12/h8,10H,3-7H2,1-2H3,(H,11,12). The highest BCUT2D eigenvalue weighted by Gasteiger charge is 2.13. The van der Waals surface area contributed by atoms with Gasteiger partial charge in [0.2, 0.25) is 10.0 Å². The van der Waals surface area contributed by atoms with Crippen LogP contribution in [0.5, 0.6) is 0 Å². The van der Waals surface area contributed by atoms with E-state index in [1.54, 1.807) is 13.8 Å². The van der Waals surface area contributed by atoms with Crippen LogP contribution in [0.25, 0.3) is 0 Å². The summed E-state index contributed by atoms with van der Waals surface area (Å²) in [5.74, 6) is -0.727. The molecule has 0 aromatic rings. The Labute approximate surface area is 90.9 Å². The second-order valence-corrected chi connectivity index (χ2v) is 5.50. The van der Waals surface area contributed by atoms with Crippen LogP contribution in [0.3, 0.4) is 0 Å². The number of nitrogens with one attached hydrogen (secondary N) is 1. The van der Waals surface area contributed by atoms with Crippen LogP contribution in [0.2, 0.25) is 0 Å². The molecule has 0 spiro atoms. The third kappa shape index (κ3) is 8.38. The maximum absolute atomic E-state index is 11.3. The van der Waals surface area contributed by atoms with Crippen molar-refractivity contribution in [3.63, 3.8) is 0 Å². The fourth-order valence-corrected chi connectivity index (χ4v) is 2.64. The molecule has 0 aromatic carbocycles. The molecule has 0 aliphatic carbocycles. The molecule has 0 rings (SSSR count). The Kier molecular flexibility index (Phi) is 6.51. The summed E-state index contributed by atoms with van der Waals surface area (Å²) < 4.78 is 25.1. The van der Waals surface area contributed by atoms with Crippen LogP contribution in [-0.2, 0) is 14.8 Å². The van der Waals surface area contributed by atoms with Crippen LogP contribution in [-0.4, -0.2) is 31.3 Å². The molecule has 2 N–H and O–H groups in total. The number of sulfonamides is 1. The largest absolute Gasteiger partial charge is 0.481 e. The molecule has 0 saturated carbocycles. The van der Waals surface area contributed by atoms with E-state index in [0.717, 1.165) is 0 Å². The minimum Gasteiger partial charge on any atom is -0.481 e. The van der Waals surface area contributed by atoms with Crippen LogP contribution in [0.1, 0.15) is 39.5 Å². The molecular formula is C9H19NO4S. The number of hydrogen-bond acceptors (Lipinski definition) is 3. The summed E-state index contributed by atoms with van der Waals surface area (Å²) >= 11 is 0. The van der Waals surface area contributed by atoms with Crippen molar-refractivity contribution >= 4 is 16.0 Å². The summed E-state index contributed by atoms with van der Waals surface area (Å²) in [7, 11) is -3.18. The molecular weight excluding hydrogens is 218 g/mol. The molecule has 0 aliphatic heterocycles. The molecule has 0 heterocycles. The first-order chi connectivity index (χ1) is 6.87. The maximum Gasteiger partial charge on any atom is 0.303 e. The van der Waals surface area contributed by atoms with Gasteiger partial charge in [0.05, 0.1) is 5.75 Å². The van der Waals surface area contributed by atoms with Gasteiger partial charge in [0.15, 0.2) is 0 Å². The lowest BCUT2D eigenvalue weighted by Gasteiger charge is -2.12. The minimum atomic E-state index is -3.18. The van der Waals surface area contributed by atoms with Gasteiger partial charge >= 0.3 is 5.97 Å². The number of aliphatic carboxylic acids is 1. The van der Waals surface area contributed by atoms with Crippen LogP contribution >= 0.6 is 0 Å². The first kappa shape index (κ1) is 14.4. The van der Waals surface area contributed by atoms with E-state index in [4.69, 9.17) is 5.11 Å². The molecule has 1 atom stereocenters. The first-order valence-electron chi connectivity index (χ1n) is 5.09. The van der Waals surface area contributed by atoms with Crippen LogP contribution in [0.15, 0.2) is 0 Å². The highest BCUT2D eigenvalue weighted by Crippen LogP contribution is 2.02. The second-order valence-electron chi connectivity index (χ2n) is 3.62. The van der Waals surface area contributed by atoms with Crippen molar-refractivity contribution in [1.29, 1.82) is 0 Å². The predicted molar refractivity (Wildman–Crippen MR) is 58.2 cm³/mol. The first-order valence-corrected chi connectivity index (χ1v) is 6.74. The Morgan fingerprint density at radius 3 is 2.53 bits per heavy atom. The third-order valence-electron chi connectivity index (χ3n) is 1.88. The van der Waals surface area contributed by atoms with Gasteiger partial charge in [-0.3, -0.25) is 4.79 Å². The summed E-state index contributed by atoms with van der Waals surface area (Å²) in [6.07, 6.45) is 1.71. The van der Waals surface area contributed by atoms with Gasteiger partial charge < -0.3 is 5.11 Å². The van der Waals surface area contributed by atoms with Gasteiger partial charge in [-0.05, 0) is 26.2 Å². The molecule has 0 saturated heterocycles. The van der Waals surface area contributed by atoms with Crippen molar-refractivity contribution in [3.05, 3.63) is 0 Å². The van der Waals surface area contributed by atoms with Gasteiger partial charge in [-0.1, -0.05) is 6.92 Å². The number of carboxylic acid groups (broad SMARTS) is 1. The van der Waals surface area contributed by atoms with E-state index >= 15 is 0 Å². The zero-order valence-corrected chi connectivity index (χ0v) is 10.0. The van der Waals surface area contributed by atoms with Crippen molar-refractivity contribution < 1.29 is 18.3 Å². The Balaban J connectivity index is 3.83. The fourth-order valence-electron chi connectivity index (χ4n) is 1.25. The Bertz CT molecular complexity index is 286. The fraction of sp³-hybridized carbons (Fsp3) is 0.889. The lowest BCUT2D eigenvalue weighted by molar-refractivity contribution is -0.137. The topological polar surface area (TPSA) is 83.5 Å². The van der Waals surface area contributed by atoms with Gasteiger partial charge in [-0.2, -0.15) is 0 Å². The quantitative estimate of drug-likeness (QED) is 0.658. The molecule has 0 fully saturated rings. The Morgan fingerprint density at radius 1 is 1.47 bits per heavy atom. The van der Waals surface area contributed by atoms with Gasteiger partial charge in [0.1, 0.15) is 0 Å². The summed E-state index contributed by atoms with van der Waals surface area (Å²) in [4.78, 5) is 10.2. The Morgan fingerprint density at radius 2 is 2.07 bits per heavy atom. The van der Waals surface area contributed by atoms with Crippen molar-refractivity contribution in [1.82, 2.24) is 4.72 Å². The summed E-state index contributed by atoms with van der Waals surface area (Å²) in [6, 6.07) is -0.194. The van der Waals surface area contributed by atoms with Gasteiger partial charge in [0, 0.05) is 12.5 Å². The van der Waals surface area contributed by atoms with E-state index in [0.29, 0.717) is 19.3 Å². The van der Waals surface area contributed by atoms with Gasteiger partial charge in [0.25, 0.3) is 0 Å². The second kappa shape index (κ2) is 6.79. The molecule has 0 radical (unpaired) electrons. The maximum atomic E-state index is 11.3. The molecule has 1 unspecified atom stereocenters. The van der Waals surface area contributed by atoms with Gasteiger partial charge in [-0.15, -0.1) is 0 Å². The zero-order valence-electron chi connectivity index (χ0n) is 9.19. The van der Waals surface area contributed by atoms with Crippen LogP contribution < -0.4 is 4.72 Å². The molecule has 0 aliphatic rings. The monoisotopic (exact) mass is 237 g/mol. The third-order valence-corrected chi connectivity index (χ3v) is 3.59. The number of rotatable bonds is 8. The van der Waals surface area contributed by atoms with E-state index in [1.165, 1.54) is 0 Å². The van der Waals surface area contributed by atoms with Crippen molar-refractivity contribution in [2.75, 3.05) is 5.75 Å². The molecule has 0 amide bonds. The number of carboxylic acids is 1. The average molecular weight is 237 g/mol. The highest BCUT2D eigenvalue weighted by atomic mass is 32.2. The average Bonchev–Trinajstić information content (AvgIpc) is 2.01. The molecule has 5 nitrogen and oxygen atoms in total. The van der Waals surface area contributed by atoms with E-state index < -0.39 is 16.0 Å². The van der Waals surface area contributed by atoms with E-state index in [2.05, 4.69) is 4.72 Å². The predicted octanol–water partition coefficient (Wildman–Crippen LogP) is 0.959. The molecule has 15 heavy (non-hydrogen) atoms. The van der Waals surface area contributed by atoms with E-state index in [9.17, 15) is 13.2 Å². The van der Waals surface area contributed by atoms with Crippen molar-refractivity contribution in [3.8, 4) is 0 Å². The molecule has 6 heteroatoms. The normalized spacial score (nSPS) is 13.7. The van der Waals surface area contributed by atoms with Crippen molar-refractivity contribution in [2.45, 2.75) is 45.6 Å². The Hall–Kier alpha value is -0.620. The zero-order chi connectivity index (χ0) is 11.9. The number of carbonyl (C=O) groups is 1. The van der Waals surface area contributed by atoms with Crippen LogP contribution in [0, 0.1) is 0 Å². The van der Waals surface area contributed by atoms with Crippen LogP contribution in [0.4, 0.5) is 0 Å². The number of hydrogen-bond donors (Lipinski definition) is 2. The van der Waals surface area contributed by atoms with E-state index in [-0.39, 0.29) is 18.2 Å². The van der Waals surface area contributed by atoms with Gasteiger partial charge in [-0.25, -0.2) is 13.1 Å². The van der Waals surface area contributed by atoms with Crippen molar-refractivity contribution in [2.24, 2.45) is 0 Å².